The van der Waals surface area contributed by atoms with Crippen molar-refractivity contribution in [3.8, 4) is 0 Å². The van der Waals surface area contributed by atoms with Crippen LogP contribution < -0.4 is 0 Å². The number of benzene rings is 1. The minimum Gasteiger partial charge on any atom is -0.393 e. The maximum atomic E-state index is 13.4. The van der Waals surface area contributed by atoms with Crippen molar-refractivity contribution in [2.45, 2.75) is 63.9 Å². The molecule has 1 N–H and O–H groups in total. The van der Waals surface area contributed by atoms with Crippen LogP contribution in [-0.2, 0) is 4.79 Å². The smallest absolute Gasteiger partial charge is 0.253 e. The van der Waals surface area contributed by atoms with Gasteiger partial charge in [0.15, 0.2) is 5.78 Å². The van der Waals surface area contributed by atoms with Crippen molar-refractivity contribution < 1.29 is 14.7 Å². The monoisotopic (exact) mass is 531 g/mol. The zero-order valence-corrected chi connectivity index (χ0v) is 24.0. The molecular formula is C33H45N3O3. The Labute approximate surface area is 233 Å². The molecule has 1 aliphatic heterocycles. The minimum absolute atomic E-state index is 0.0775. The lowest BCUT2D eigenvalue weighted by molar-refractivity contribution is -0.114. The van der Waals surface area contributed by atoms with Gasteiger partial charge in [0.2, 0.25) is 0 Å². The number of aliphatic hydroxyl groups excluding tert-OH is 1. The summed E-state index contributed by atoms with van der Waals surface area (Å²) in [5, 5.41) is 11.1. The SMILES string of the molecule is CN(C)CCN1CCN(C(=O)c2ccc(C3CC4(C)C(O)CCC4C4CCC5=CC(=O)CCC5=C34)cc2)CC1. The number of hydrogen-bond donors (Lipinski definition) is 1. The van der Waals surface area contributed by atoms with Crippen LogP contribution in [0.15, 0.2) is 47.1 Å². The highest BCUT2D eigenvalue weighted by Crippen LogP contribution is 2.63. The number of fused-ring (bicyclic) bond motifs is 4. The van der Waals surface area contributed by atoms with Gasteiger partial charge in [0.05, 0.1) is 6.10 Å². The lowest BCUT2D eigenvalue weighted by Crippen LogP contribution is -2.50. The van der Waals surface area contributed by atoms with Crippen LogP contribution >= 0.6 is 0 Å². The van der Waals surface area contributed by atoms with Gasteiger partial charge < -0.3 is 14.9 Å². The normalized spacial score (nSPS) is 33.1. The largest absolute Gasteiger partial charge is 0.393 e. The molecule has 39 heavy (non-hydrogen) atoms. The summed E-state index contributed by atoms with van der Waals surface area (Å²) in [7, 11) is 4.20. The first kappa shape index (κ1) is 26.9. The number of piperazine rings is 1. The summed E-state index contributed by atoms with van der Waals surface area (Å²) in [6.07, 6.45) is 8.13. The molecule has 1 aromatic carbocycles. The number of allylic oxidation sites excluding steroid dienone is 4. The van der Waals surface area contributed by atoms with E-state index in [1.165, 1.54) is 16.7 Å². The molecule has 6 rings (SSSR count). The Morgan fingerprint density at radius 2 is 1.77 bits per heavy atom. The van der Waals surface area contributed by atoms with Crippen LogP contribution in [0.5, 0.6) is 0 Å². The lowest BCUT2D eigenvalue weighted by Gasteiger charge is -2.52. The molecule has 1 heterocycles. The van der Waals surface area contributed by atoms with E-state index in [9.17, 15) is 14.7 Å². The topological polar surface area (TPSA) is 64.1 Å². The number of carbonyl (C=O) groups is 2. The number of likely N-dealkylation sites (N-methyl/N-ethyl adjacent to an activating group) is 1. The molecule has 210 valence electrons. The third-order valence-electron chi connectivity index (χ3n) is 10.8. The van der Waals surface area contributed by atoms with Crippen molar-refractivity contribution in [3.05, 3.63) is 58.2 Å². The summed E-state index contributed by atoms with van der Waals surface area (Å²) in [5.74, 6) is 1.63. The van der Waals surface area contributed by atoms with Crippen LogP contribution in [0.25, 0.3) is 0 Å². The van der Waals surface area contributed by atoms with Crippen molar-refractivity contribution in [1.82, 2.24) is 14.7 Å². The van der Waals surface area contributed by atoms with Gasteiger partial charge in [-0.3, -0.25) is 14.5 Å². The average molecular weight is 532 g/mol. The van der Waals surface area contributed by atoms with Crippen LogP contribution in [0.4, 0.5) is 0 Å². The Bertz CT molecular complexity index is 1180. The van der Waals surface area contributed by atoms with Crippen molar-refractivity contribution in [3.63, 3.8) is 0 Å². The Morgan fingerprint density at radius 3 is 2.49 bits per heavy atom. The van der Waals surface area contributed by atoms with Gasteiger partial charge in [-0.1, -0.05) is 24.6 Å². The van der Waals surface area contributed by atoms with Crippen molar-refractivity contribution in [2.75, 3.05) is 53.4 Å². The van der Waals surface area contributed by atoms with Crippen LogP contribution in [0, 0.1) is 17.3 Å². The number of nitrogens with zero attached hydrogens (tertiary/aromatic N) is 3. The van der Waals surface area contributed by atoms with Crippen LogP contribution in [-0.4, -0.2) is 91.0 Å². The third kappa shape index (κ3) is 4.93. The summed E-state index contributed by atoms with van der Waals surface area (Å²) in [6, 6.07) is 8.40. The van der Waals surface area contributed by atoms with Gasteiger partial charge >= 0.3 is 0 Å². The molecule has 0 aromatic heterocycles. The molecule has 5 unspecified atom stereocenters. The van der Waals surface area contributed by atoms with Crippen molar-refractivity contribution >= 4 is 11.7 Å². The van der Waals surface area contributed by atoms with E-state index in [1.54, 1.807) is 5.57 Å². The number of ketones is 1. The summed E-state index contributed by atoms with van der Waals surface area (Å²) < 4.78 is 0. The first-order valence-corrected chi connectivity index (χ1v) is 15.2. The number of hydrogen-bond acceptors (Lipinski definition) is 5. The Kier molecular flexibility index (Phi) is 7.32. The zero-order valence-electron chi connectivity index (χ0n) is 24.0. The van der Waals surface area contributed by atoms with Gasteiger partial charge in [-0.05, 0) is 105 Å². The third-order valence-corrected chi connectivity index (χ3v) is 10.8. The quantitative estimate of drug-likeness (QED) is 0.615. The molecule has 1 aromatic rings. The van der Waals surface area contributed by atoms with E-state index >= 15 is 0 Å². The second-order valence-electron chi connectivity index (χ2n) is 13.2. The summed E-state index contributed by atoms with van der Waals surface area (Å²) >= 11 is 0. The second-order valence-corrected chi connectivity index (χ2v) is 13.2. The van der Waals surface area contributed by atoms with Gasteiger partial charge in [-0.25, -0.2) is 0 Å². The predicted octanol–water partition coefficient (Wildman–Crippen LogP) is 4.27. The molecule has 5 aliphatic rings. The minimum atomic E-state index is -0.251. The van der Waals surface area contributed by atoms with Crippen LogP contribution in [0.2, 0.25) is 0 Å². The van der Waals surface area contributed by atoms with Crippen molar-refractivity contribution in [1.29, 1.82) is 0 Å². The van der Waals surface area contributed by atoms with E-state index in [1.807, 2.05) is 23.1 Å². The molecule has 1 saturated heterocycles. The molecule has 3 fully saturated rings. The van der Waals surface area contributed by atoms with E-state index < -0.39 is 0 Å². The Morgan fingerprint density at radius 1 is 1.03 bits per heavy atom. The summed E-state index contributed by atoms with van der Waals surface area (Å²) in [5.41, 5.74) is 6.19. The van der Waals surface area contributed by atoms with Gasteiger partial charge in [0.1, 0.15) is 0 Å². The molecule has 6 heteroatoms. The molecule has 6 nitrogen and oxygen atoms in total. The summed E-state index contributed by atoms with van der Waals surface area (Å²) in [6.45, 7) is 7.82. The predicted molar refractivity (Wildman–Crippen MR) is 154 cm³/mol. The first-order valence-electron chi connectivity index (χ1n) is 15.2. The van der Waals surface area contributed by atoms with E-state index in [-0.39, 0.29) is 29.1 Å². The van der Waals surface area contributed by atoms with E-state index in [4.69, 9.17) is 0 Å². The van der Waals surface area contributed by atoms with E-state index in [2.05, 4.69) is 43.0 Å². The number of carbonyl (C=O) groups excluding carboxylic acids is 2. The maximum Gasteiger partial charge on any atom is 0.253 e. The van der Waals surface area contributed by atoms with Crippen LogP contribution in [0.3, 0.4) is 0 Å². The fraction of sp³-hybridized carbons (Fsp3) is 0.636. The number of amides is 1. The standard InChI is InChI=1S/C33H45N3O3/c1-33-21-28(31-26-11-9-25(37)20-24(26)8-10-27(31)29(33)12-13-30(33)38)22-4-6-23(7-5-22)32(39)36-18-16-35(17-19-36)15-14-34(2)3/h4-7,20,27-30,38H,8-19,21H2,1-3H3. The lowest BCUT2D eigenvalue weighted by atomic mass is 9.53. The first-order chi connectivity index (χ1) is 18.7. The van der Waals surface area contributed by atoms with Gasteiger partial charge in [-0.15, -0.1) is 0 Å². The number of rotatable bonds is 5. The van der Waals surface area contributed by atoms with Crippen molar-refractivity contribution in [2.24, 2.45) is 17.3 Å². The highest BCUT2D eigenvalue weighted by Gasteiger charge is 2.56. The Hall–Kier alpha value is -2.28. The zero-order chi connectivity index (χ0) is 27.3. The number of aliphatic hydroxyl groups is 1. The molecule has 2 saturated carbocycles. The van der Waals surface area contributed by atoms with E-state index in [0.717, 1.165) is 83.4 Å². The van der Waals surface area contributed by atoms with Gasteiger partial charge in [0, 0.05) is 57.2 Å². The molecule has 4 aliphatic carbocycles. The molecule has 1 amide bonds. The maximum absolute atomic E-state index is 13.4. The van der Waals surface area contributed by atoms with Gasteiger partial charge in [0.25, 0.3) is 5.91 Å². The molecular weight excluding hydrogens is 486 g/mol. The molecule has 0 radical (unpaired) electrons. The highest BCUT2D eigenvalue weighted by molar-refractivity contribution is 5.94. The Balaban J connectivity index is 1.24. The summed E-state index contributed by atoms with van der Waals surface area (Å²) in [4.78, 5) is 32.3. The second kappa shape index (κ2) is 10.6. The van der Waals surface area contributed by atoms with E-state index in [0.29, 0.717) is 18.3 Å². The molecule has 0 spiro atoms. The fourth-order valence-electron chi connectivity index (χ4n) is 8.49. The fourth-order valence-corrected chi connectivity index (χ4v) is 8.49. The molecule has 5 atom stereocenters. The highest BCUT2D eigenvalue weighted by atomic mass is 16.3. The average Bonchev–Trinajstić information content (AvgIpc) is 3.25. The molecule has 0 bridgehead atoms. The van der Waals surface area contributed by atoms with Crippen LogP contribution in [0.1, 0.15) is 73.7 Å². The van der Waals surface area contributed by atoms with Gasteiger partial charge in [-0.2, -0.15) is 0 Å².